The fourth-order valence-electron chi connectivity index (χ4n) is 3.67. The number of nitrogens with zero attached hydrogens (tertiary/aromatic N) is 1. The summed E-state index contributed by atoms with van der Waals surface area (Å²) >= 11 is 0. The van der Waals surface area contributed by atoms with Crippen LogP contribution in [-0.4, -0.2) is 48.8 Å². The molecule has 3 heteroatoms. The van der Waals surface area contributed by atoms with Crippen LogP contribution in [0.3, 0.4) is 0 Å². The van der Waals surface area contributed by atoms with Crippen molar-refractivity contribution in [3.05, 3.63) is 0 Å². The van der Waals surface area contributed by atoms with Crippen LogP contribution in [0.1, 0.15) is 51.9 Å². The van der Waals surface area contributed by atoms with Crippen molar-refractivity contribution in [2.24, 2.45) is 0 Å². The van der Waals surface area contributed by atoms with Gasteiger partial charge in [-0.3, -0.25) is 4.90 Å². The molecular formula is C15H28N2O. The maximum absolute atomic E-state index is 5.98. The van der Waals surface area contributed by atoms with Crippen molar-refractivity contribution in [1.82, 2.24) is 10.2 Å². The Kier molecular flexibility index (Phi) is 4.22. The van der Waals surface area contributed by atoms with Crippen molar-refractivity contribution in [2.45, 2.75) is 76.1 Å². The van der Waals surface area contributed by atoms with Gasteiger partial charge in [0.2, 0.25) is 0 Å². The summed E-state index contributed by atoms with van der Waals surface area (Å²) in [6.45, 7) is 5.62. The molecule has 1 heterocycles. The van der Waals surface area contributed by atoms with E-state index in [1.807, 2.05) is 0 Å². The summed E-state index contributed by atoms with van der Waals surface area (Å²) < 4.78 is 5.98. The van der Waals surface area contributed by atoms with Crippen LogP contribution in [0.4, 0.5) is 0 Å². The van der Waals surface area contributed by atoms with Crippen molar-refractivity contribution < 1.29 is 4.74 Å². The second-order valence-electron chi connectivity index (χ2n) is 6.24. The molecule has 3 rings (SSSR count). The van der Waals surface area contributed by atoms with E-state index in [4.69, 9.17) is 4.74 Å². The van der Waals surface area contributed by atoms with E-state index in [0.29, 0.717) is 12.1 Å². The Hall–Kier alpha value is -0.120. The summed E-state index contributed by atoms with van der Waals surface area (Å²) in [5.41, 5.74) is 0. The number of hydrogen-bond acceptors (Lipinski definition) is 3. The van der Waals surface area contributed by atoms with Gasteiger partial charge >= 0.3 is 0 Å². The van der Waals surface area contributed by atoms with E-state index >= 15 is 0 Å². The standard InChI is InChI=1S/C15H28N2O/c1-2-13(11-16-12-7-8-12)17-9-10-18-15-6-4-3-5-14(15)17/h12-16H,2-11H2,1H3. The van der Waals surface area contributed by atoms with Gasteiger partial charge in [-0.1, -0.05) is 19.8 Å². The largest absolute Gasteiger partial charge is 0.375 e. The van der Waals surface area contributed by atoms with Gasteiger partial charge in [0.15, 0.2) is 0 Å². The van der Waals surface area contributed by atoms with E-state index in [9.17, 15) is 0 Å². The second-order valence-corrected chi connectivity index (χ2v) is 6.24. The maximum atomic E-state index is 5.98. The van der Waals surface area contributed by atoms with E-state index in [0.717, 1.165) is 25.2 Å². The molecule has 104 valence electrons. The number of nitrogens with one attached hydrogen (secondary N) is 1. The Morgan fingerprint density at radius 1 is 1.22 bits per heavy atom. The van der Waals surface area contributed by atoms with Crippen molar-refractivity contribution in [3.8, 4) is 0 Å². The lowest BCUT2D eigenvalue weighted by atomic mass is 9.89. The van der Waals surface area contributed by atoms with Gasteiger partial charge in [-0.2, -0.15) is 0 Å². The molecule has 3 atom stereocenters. The summed E-state index contributed by atoms with van der Waals surface area (Å²) in [6.07, 6.45) is 9.99. The number of ether oxygens (including phenoxy) is 1. The van der Waals surface area contributed by atoms with E-state index in [-0.39, 0.29) is 0 Å². The summed E-state index contributed by atoms with van der Waals surface area (Å²) in [6, 6.07) is 2.26. The zero-order valence-corrected chi connectivity index (χ0v) is 11.7. The molecule has 0 spiro atoms. The molecule has 3 unspecified atom stereocenters. The highest BCUT2D eigenvalue weighted by Crippen LogP contribution is 2.30. The molecule has 0 bridgehead atoms. The molecule has 1 N–H and O–H groups in total. The average molecular weight is 252 g/mol. The van der Waals surface area contributed by atoms with Gasteiger partial charge in [-0.15, -0.1) is 0 Å². The van der Waals surface area contributed by atoms with Crippen LogP contribution >= 0.6 is 0 Å². The first kappa shape index (κ1) is 12.9. The highest BCUT2D eigenvalue weighted by Gasteiger charge is 2.37. The monoisotopic (exact) mass is 252 g/mol. The van der Waals surface area contributed by atoms with Crippen LogP contribution in [0, 0.1) is 0 Å². The SMILES string of the molecule is CCC(CNC1CC1)N1CCOC2CCCCC21. The van der Waals surface area contributed by atoms with Gasteiger partial charge in [0, 0.05) is 31.2 Å². The summed E-state index contributed by atoms with van der Waals surface area (Å²) in [5.74, 6) is 0. The van der Waals surface area contributed by atoms with Crippen LogP contribution in [-0.2, 0) is 4.74 Å². The molecule has 0 amide bonds. The molecule has 1 saturated heterocycles. The zero-order chi connectivity index (χ0) is 12.4. The van der Waals surface area contributed by atoms with Crippen LogP contribution in [0.25, 0.3) is 0 Å². The Balaban J connectivity index is 1.59. The third-order valence-electron chi connectivity index (χ3n) is 4.93. The van der Waals surface area contributed by atoms with Gasteiger partial charge in [0.1, 0.15) is 0 Å². The van der Waals surface area contributed by atoms with Gasteiger partial charge in [0.05, 0.1) is 12.7 Å². The molecule has 3 nitrogen and oxygen atoms in total. The first-order valence-electron chi connectivity index (χ1n) is 7.99. The average Bonchev–Trinajstić information content (AvgIpc) is 3.24. The number of morpholine rings is 1. The minimum Gasteiger partial charge on any atom is -0.375 e. The molecule has 2 aliphatic carbocycles. The van der Waals surface area contributed by atoms with Gasteiger partial charge in [-0.05, 0) is 32.1 Å². The smallest absolute Gasteiger partial charge is 0.0731 e. The van der Waals surface area contributed by atoms with Crippen molar-refractivity contribution >= 4 is 0 Å². The lowest BCUT2D eigenvalue weighted by Crippen LogP contribution is -2.58. The third kappa shape index (κ3) is 2.89. The van der Waals surface area contributed by atoms with Crippen LogP contribution in [0.2, 0.25) is 0 Å². The summed E-state index contributed by atoms with van der Waals surface area (Å²) in [4.78, 5) is 2.77. The third-order valence-corrected chi connectivity index (χ3v) is 4.93. The zero-order valence-electron chi connectivity index (χ0n) is 11.7. The predicted octanol–water partition coefficient (Wildman–Crippen LogP) is 2.16. The first-order chi connectivity index (χ1) is 8.88. The molecule has 3 aliphatic rings. The Labute approximate surface area is 111 Å². The van der Waals surface area contributed by atoms with Crippen molar-refractivity contribution in [3.63, 3.8) is 0 Å². The summed E-state index contributed by atoms with van der Waals surface area (Å²) in [7, 11) is 0. The van der Waals surface area contributed by atoms with Gasteiger partial charge < -0.3 is 10.1 Å². The number of fused-ring (bicyclic) bond motifs is 1. The molecular weight excluding hydrogens is 224 g/mol. The predicted molar refractivity (Wildman–Crippen MR) is 73.8 cm³/mol. The molecule has 1 aliphatic heterocycles. The summed E-state index contributed by atoms with van der Waals surface area (Å²) in [5, 5.41) is 3.72. The minimum absolute atomic E-state index is 0.530. The van der Waals surface area contributed by atoms with E-state index < -0.39 is 0 Å². The minimum atomic E-state index is 0.530. The van der Waals surface area contributed by atoms with Gasteiger partial charge in [0.25, 0.3) is 0 Å². The fraction of sp³-hybridized carbons (Fsp3) is 1.00. The highest BCUT2D eigenvalue weighted by atomic mass is 16.5. The Bertz CT molecular complexity index is 265. The van der Waals surface area contributed by atoms with E-state index in [2.05, 4.69) is 17.1 Å². The molecule has 0 aromatic rings. The second kappa shape index (κ2) is 5.89. The number of hydrogen-bond donors (Lipinski definition) is 1. The lowest BCUT2D eigenvalue weighted by molar-refractivity contribution is -0.102. The normalized spacial score (nSPS) is 35.2. The van der Waals surface area contributed by atoms with Crippen molar-refractivity contribution in [1.29, 1.82) is 0 Å². The first-order valence-corrected chi connectivity index (χ1v) is 7.99. The molecule has 18 heavy (non-hydrogen) atoms. The molecule has 0 radical (unpaired) electrons. The quantitative estimate of drug-likeness (QED) is 0.811. The maximum Gasteiger partial charge on any atom is 0.0731 e. The molecule has 2 saturated carbocycles. The van der Waals surface area contributed by atoms with Crippen LogP contribution in [0.5, 0.6) is 0 Å². The van der Waals surface area contributed by atoms with E-state index in [1.54, 1.807) is 0 Å². The topological polar surface area (TPSA) is 24.5 Å². The number of rotatable bonds is 5. The Morgan fingerprint density at radius 2 is 2.06 bits per heavy atom. The van der Waals surface area contributed by atoms with Crippen LogP contribution < -0.4 is 5.32 Å². The van der Waals surface area contributed by atoms with Crippen LogP contribution in [0.15, 0.2) is 0 Å². The van der Waals surface area contributed by atoms with E-state index in [1.165, 1.54) is 51.5 Å². The molecule has 0 aromatic carbocycles. The molecule has 3 fully saturated rings. The molecule has 0 aromatic heterocycles. The fourth-order valence-corrected chi connectivity index (χ4v) is 3.67. The highest BCUT2D eigenvalue weighted by molar-refractivity contribution is 4.92. The lowest BCUT2D eigenvalue weighted by Gasteiger charge is -2.47. The van der Waals surface area contributed by atoms with Crippen molar-refractivity contribution in [2.75, 3.05) is 19.7 Å². The van der Waals surface area contributed by atoms with Gasteiger partial charge in [-0.25, -0.2) is 0 Å². The Morgan fingerprint density at radius 3 is 2.83 bits per heavy atom.